The molecule has 0 saturated carbocycles. The molecular weight excluding hydrogens is 584 g/mol. The average Bonchev–Trinajstić information content (AvgIpc) is 3.31. The zero-order chi connectivity index (χ0) is 31.3. The minimum atomic E-state index is -4.48. The number of halogens is 3. The summed E-state index contributed by atoms with van der Waals surface area (Å²) >= 11 is 0. The number of rotatable bonds is 19. The van der Waals surface area contributed by atoms with Gasteiger partial charge in [0.15, 0.2) is 17.0 Å². The van der Waals surface area contributed by atoms with Crippen molar-refractivity contribution in [3.05, 3.63) is 6.33 Å². The summed E-state index contributed by atoms with van der Waals surface area (Å²) in [6.07, 6.45) is -0.553. The maximum Gasteiger partial charge on any atom is 0.405 e. The second-order valence-electron chi connectivity index (χ2n) is 9.53. The number of carbonyl (C=O) groups is 2. The summed E-state index contributed by atoms with van der Waals surface area (Å²) in [4.78, 5) is 36.7. The molecule has 0 amide bonds. The summed E-state index contributed by atoms with van der Waals surface area (Å²) in [5.74, 6) is -1.65. The number of nitrogens with zero attached hydrogens (tertiary/aromatic N) is 4. The molecule has 2 aromatic rings. The number of fused-ring (bicyclic) bond motifs is 1. The second kappa shape index (κ2) is 16.6. The Morgan fingerprint density at radius 2 is 1.60 bits per heavy atom. The molecular formula is C24H40F3N8O6P. The third kappa shape index (κ3) is 11.7. The van der Waals surface area contributed by atoms with Gasteiger partial charge in [0, 0.05) is 6.54 Å². The Morgan fingerprint density at radius 3 is 2.12 bits per heavy atom. The molecule has 18 heteroatoms. The highest BCUT2D eigenvalue weighted by Crippen LogP contribution is 2.37. The van der Waals surface area contributed by atoms with Gasteiger partial charge in [-0.1, -0.05) is 26.7 Å². The fourth-order valence-corrected chi connectivity index (χ4v) is 5.59. The van der Waals surface area contributed by atoms with Crippen LogP contribution in [0.15, 0.2) is 6.33 Å². The SMILES string of the molecule is CCCCOC(=O)[C@H](C)NP(=O)(COCCn1cnc2c(NCC(F)(F)F)nc(N)nc21)N[C@@H](C)C(=O)OCCCC. The van der Waals surface area contributed by atoms with Crippen LogP contribution in [0, 0.1) is 0 Å². The van der Waals surface area contributed by atoms with Crippen molar-refractivity contribution >= 4 is 42.3 Å². The van der Waals surface area contributed by atoms with E-state index in [0.29, 0.717) is 12.8 Å². The van der Waals surface area contributed by atoms with Gasteiger partial charge in [0.25, 0.3) is 0 Å². The maximum absolute atomic E-state index is 13.8. The van der Waals surface area contributed by atoms with Gasteiger partial charge in [-0.25, -0.2) is 15.2 Å². The number of imidazole rings is 1. The number of ether oxygens (including phenoxy) is 3. The Balaban J connectivity index is 2.09. The van der Waals surface area contributed by atoms with Crippen molar-refractivity contribution in [1.29, 1.82) is 0 Å². The fourth-order valence-electron chi connectivity index (χ4n) is 3.51. The lowest BCUT2D eigenvalue weighted by molar-refractivity contribution is -0.145. The molecule has 0 aliphatic carbocycles. The molecule has 238 valence electrons. The van der Waals surface area contributed by atoms with E-state index in [-0.39, 0.29) is 49.3 Å². The van der Waals surface area contributed by atoms with Crippen LogP contribution in [0.5, 0.6) is 0 Å². The summed E-state index contributed by atoms with van der Waals surface area (Å²) in [6, 6.07) is -1.96. The van der Waals surface area contributed by atoms with Gasteiger partial charge in [-0.3, -0.25) is 14.2 Å². The molecule has 42 heavy (non-hydrogen) atoms. The van der Waals surface area contributed by atoms with Crippen LogP contribution in [-0.4, -0.2) is 82.4 Å². The summed E-state index contributed by atoms with van der Waals surface area (Å²) in [6.45, 7) is 6.03. The topological polar surface area (TPSA) is 185 Å². The number of carbonyl (C=O) groups excluding carboxylic acids is 2. The van der Waals surface area contributed by atoms with E-state index >= 15 is 0 Å². The van der Waals surface area contributed by atoms with Crippen molar-refractivity contribution < 1.29 is 41.5 Å². The van der Waals surface area contributed by atoms with Crippen LogP contribution < -0.4 is 21.2 Å². The first-order chi connectivity index (χ1) is 19.8. The highest BCUT2D eigenvalue weighted by molar-refractivity contribution is 7.59. The number of alkyl halides is 3. The van der Waals surface area contributed by atoms with Crippen molar-refractivity contribution in [3.63, 3.8) is 0 Å². The van der Waals surface area contributed by atoms with Crippen LogP contribution in [-0.2, 0) is 34.9 Å². The van der Waals surface area contributed by atoms with E-state index in [9.17, 15) is 27.3 Å². The van der Waals surface area contributed by atoms with Crippen LogP contribution in [0.3, 0.4) is 0 Å². The number of aromatic nitrogens is 4. The minimum absolute atomic E-state index is 0.0430. The van der Waals surface area contributed by atoms with Crippen LogP contribution in [0.2, 0.25) is 0 Å². The molecule has 0 aliphatic heterocycles. The number of anilines is 2. The lowest BCUT2D eigenvalue weighted by atomic mass is 10.3. The normalized spacial score (nSPS) is 13.6. The van der Waals surface area contributed by atoms with E-state index in [1.54, 1.807) is 0 Å². The van der Waals surface area contributed by atoms with Gasteiger partial charge in [-0.05, 0) is 26.7 Å². The zero-order valence-electron chi connectivity index (χ0n) is 24.2. The first-order valence-electron chi connectivity index (χ1n) is 13.6. The van der Waals surface area contributed by atoms with Crippen LogP contribution in [0.25, 0.3) is 11.2 Å². The molecule has 0 unspecified atom stereocenters. The Labute approximate surface area is 242 Å². The van der Waals surface area contributed by atoms with Gasteiger partial charge < -0.3 is 29.8 Å². The van der Waals surface area contributed by atoms with Crippen LogP contribution in [0.4, 0.5) is 24.9 Å². The third-order valence-electron chi connectivity index (χ3n) is 5.68. The van der Waals surface area contributed by atoms with Crippen molar-refractivity contribution in [1.82, 2.24) is 29.7 Å². The van der Waals surface area contributed by atoms with Gasteiger partial charge in [0.1, 0.15) is 25.0 Å². The van der Waals surface area contributed by atoms with Gasteiger partial charge in [0.2, 0.25) is 13.4 Å². The quantitative estimate of drug-likeness (QED) is 0.102. The number of nitrogens with one attached hydrogen (secondary N) is 3. The van der Waals surface area contributed by atoms with Gasteiger partial charge in [-0.15, -0.1) is 0 Å². The molecule has 2 heterocycles. The smallest absolute Gasteiger partial charge is 0.405 e. The Morgan fingerprint density at radius 1 is 1.02 bits per heavy atom. The summed E-state index contributed by atoms with van der Waals surface area (Å²) in [7, 11) is -3.72. The predicted octanol–water partition coefficient (Wildman–Crippen LogP) is 3.19. The van der Waals surface area contributed by atoms with Crippen molar-refractivity contribution in [2.45, 2.75) is 78.2 Å². The molecule has 0 bridgehead atoms. The van der Waals surface area contributed by atoms with Crippen molar-refractivity contribution in [2.24, 2.45) is 0 Å². The number of hydrogen-bond acceptors (Lipinski definition) is 11. The van der Waals surface area contributed by atoms with Gasteiger partial charge >= 0.3 is 18.1 Å². The monoisotopic (exact) mass is 624 g/mol. The summed E-state index contributed by atoms with van der Waals surface area (Å²) in [5, 5.41) is 7.60. The second-order valence-corrected chi connectivity index (χ2v) is 11.8. The Hall–Kier alpha value is -3.01. The molecule has 2 rings (SSSR count). The molecule has 0 aliphatic rings. The van der Waals surface area contributed by atoms with Crippen LogP contribution in [0.1, 0.15) is 53.4 Å². The molecule has 2 atom stereocenters. The van der Waals surface area contributed by atoms with Gasteiger partial charge in [-0.2, -0.15) is 23.1 Å². The number of esters is 2. The Kier molecular flexibility index (Phi) is 13.9. The first-order valence-corrected chi connectivity index (χ1v) is 15.5. The highest BCUT2D eigenvalue weighted by Gasteiger charge is 2.32. The molecule has 5 N–H and O–H groups in total. The lowest BCUT2D eigenvalue weighted by Gasteiger charge is -2.26. The average molecular weight is 625 g/mol. The zero-order valence-corrected chi connectivity index (χ0v) is 25.1. The first kappa shape index (κ1) is 35.2. The van der Waals surface area contributed by atoms with Crippen LogP contribution >= 0.6 is 7.44 Å². The van der Waals surface area contributed by atoms with E-state index in [0.717, 1.165) is 12.8 Å². The Bertz CT molecular complexity index is 1180. The van der Waals surface area contributed by atoms with E-state index in [1.165, 1.54) is 24.7 Å². The molecule has 0 radical (unpaired) electrons. The maximum atomic E-state index is 13.8. The van der Waals surface area contributed by atoms with E-state index < -0.39 is 50.5 Å². The molecule has 0 fully saturated rings. The summed E-state index contributed by atoms with van der Waals surface area (Å²) in [5.41, 5.74) is 5.92. The standard InChI is InChI=1S/C24H40F3N8O6P/c1-5-7-10-40-21(36)16(3)33-42(38,34-17(4)22(37)41-11-8-6-2)15-39-12-9-35-14-30-18-19(29-13-24(25,26)27)31-23(28)32-20(18)35/h14,16-17H,5-13,15H2,1-4H3,(H2,33,34,38)(H3,28,29,31,32)/t16-,17-/m0/s1. The summed E-state index contributed by atoms with van der Waals surface area (Å²) < 4.78 is 69.3. The molecule has 0 spiro atoms. The number of nitrogen functional groups attached to an aromatic ring is 1. The van der Waals surface area contributed by atoms with Crippen molar-refractivity contribution in [2.75, 3.05) is 43.8 Å². The van der Waals surface area contributed by atoms with E-state index in [2.05, 4.69) is 30.4 Å². The third-order valence-corrected chi connectivity index (χ3v) is 7.84. The molecule has 0 saturated heterocycles. The van der Waals surface area contributed by atoms with E-state index in [1.807, 2.05) is 13.8 Å². The number of nitrogens with two attached hydrogens (primary N) is 1. The highest BCUT2D eigenvalue weighted by atomic mass is 31.2. The minimum Gasteiger partial charge on any atom is -0.465 e. The largest absolute Gasteiger partial charge is 0.465 e. The number of unbranched alkanes of at least 4 members (excludes halogenated alkanes) is 2. The predicted molar refractivity (Wildman–Crippen MR) is 150 cm³/mol. The van der Waals surface area contributed by atoms with Gasteiger partial charge in [0.05, 0.1) is 26.1 Å². The molecule has 2 aromatic heterocycles. The number of hydrogen-bond donors (Lipinski definition) is 4. The molecule has 0 aromatic carbocycles. The van der Waals surface area contributed by atoms with E-state index in [4.69, 9.17) is 19.9 Å². The van der Waals surface area contributed by atoms with Crippen molar-refractivity contribution in [3.8, 4) is 0 Å². The molecule has 14 nitrogen and oxygen atoms in total. The fraction of sp³-hybridized carbons (Fsp3) is 0.708. The lowest BCUT2D eigenvalue weighted by Crippen LogP contribution is -2.43.